The number of pyridine rings is 1. The van der Waals surface area contributed by atoms with Gasteiger partial charge in [0.25, 0.3) is 5.91 Å². The van der Waals surface area contributed by atoms with Crippen molar-refractivity contribution in [3.05, 3.63) is 23.4 Å². The fourth-order valence-electron chi connectivity index (χ4n) is 1.97. The van der Waals surface area contributed by atoms with Gasteiger partial charge in [-0.3, -0.25) is 4.79 Å². The van der Waals surface area contributed by atoms with Gasteiger partial charge in [-0.25, -0.2) is 4.98 Å². The van der Waals surface area contributed by atoms with E-state index in [4.69, 9.17) is 16.3 Å². The Morgan fingerprint density at radius 2 is 2.21 bits per heavy atom. The second kappa shape index (κ2) is 6.44. The van der Waals surface area contributed by atoms with Crippen LogP contribution >= 0.6 is 11.6 Å². The lowest BCUT2D eigenvalue weighted by Crippen LogP contribution is -2.41. The molecule has 100 valence electrons. The Kier molecular flexibility index (Phi) is 4.64. The summed E-state index contributed by atoms with van der Waals surface area (Å²) in [4.78, 5) is 17.4. The molecule has 1 saturated heterocycles. The van der Waals surface area contributed by atoms with Gasteiger partial charge in [0.2, 0.25) is 5.88 Å². The summed E-state index contributed by atoms with van der Waals surface area (Å²) in [7, 11) is 0. The van der Waals surface area contributed by atoms with Crippen LogP contribution in [0.3, 0.4) is 0 Å². The van der Waals surface area contributed by atoms with E-state index in [0.29, 0.717) is 24.0 Å². The number of carbonyl (C=O) groups is 1. The van der Waals surface area contributed by atoms with E-state index >= 15 is 0 Å². The van der Waals surface area contributed by atoms with Crippen molar-refractivity contribution in [1.29, 1.82) is 0 Å². The number of carbonyl (C=O) groups excluding carboxylic acids is 1. The molecule has 0 aliphatic carbocycles. The number of aromatic nitrogens is 1. The molecular formula is C14H15ClN2O2. The zero-order valence-electron chi connectivity index (χ0n) is 10.7. The zero-order chi connectivity index (χ0) is 13.7. The summed E-state index contributed by atoms with van der Waals surface area (Å²) < 4.78 is 5.75. The van der Waals surface area contributed by atoms with Crippen molar-refractivity contribution in [2.24, 2.45) is 0 Å². The number of hydrogen-bond donors (Lipinski definition) is 0. The van der Waals surface area contributed by atoms with Crippen LogP contribution < -0.4 is 4.74 Å². The molecule has 0 aromatic carbocycles. The number of rotatable bonds is 2. The van der Waals surface area contributed by atoms with Gasteiger partial charge < -0.3 is 9.64 Å². The minimum atomic E-state index is -0.106. The molecule has 0 bridgehead atoms. The second-order valence-electron chi connectivity index (χ2n) is 4.30. The molecule has 1 aliphatic rings. The molecule has 1 aromatic heterocycles. The molecule has 0 N–H and O–H groups in total. The fraction of sp³-hybridized carbons (Fsp3) is 0.429. The number of likely N-dealkylation sites (tertiary alicyclic amines) is 1. The fourth-order valence-corrected chi connectivity index (χ4v) is 2.08. The van der Waals surface area contributed by atoms with Crippen molar-refractivity contribution in [2.75, 3.05) is 13.1 Å². The predicted octanol–water partition coefficient (Wildman–Crippen LogP) is 2.13. The number of ether oxygens (including phenoxy) is 1. The summed E-state index contributed by atoms with van der Waals surface area (Å²) in [5, 5.41) is 0.589. The van der Waals surface area contributed by atoms with Crippen molar-refractivity contribution in [1.82, 2.24) is 9.88 Å². The van der Waals surface area contributed by atoms with E-state index in [9.17, 15) is 4.79 Å². The molecule has 4 nitrogen and oxygen atoms in total. The van der Waals surface area contributed by atoms with Crippen molar-refractivity contribution >= 4 is 17.5 Å². The maximum atomic E-state index is 11.6. The first-order valence-electron chi connectivity index (χ1n) is 6.19. The highest BCUT2D eigenvalue weighted by atomic mass is 35.5. The van der Waals surface area contributed by atoms with Crippen LogP contribution in [0.4, 0.5) is 0 Å². The quantitative estimate of drug-likeness (QED) is 0.779. The molecule has 1 fully saturated rings. The second-order valence-corrected chi connectivity index (χ2v) is 4.74. The van der Waals surface area contributed by atoms with Crippen LogP contribution in [-0.2, 0) is 4.79 Å². The van der Waals surface area contributed by atoms with Crippen molar-refractivity contribution < 1.29 is 9.53 Å². The number of halogens is 1. The van der Waals surface area contributed by atoms with Crippen LogP contribution in [0.15, 0.2) is 18.3 Å². The van der Waals surface area contributed by atoms with E-state index in [1.807, 2.05) is 0 Å². The molecule has 1 aliphatic heterocycles. The van der Waals surface area contributed by atoms with E-state index in [1.54, 1.807) is 30.2 Å². The molecule has 0 spiro atoms. The number of amides is 1. The largest absolute Gasteiger partial charge is 0.474 e. The van der Waals surface area contributed by atoms with Gasteiger partial charge in [0.15, 0.2) is 0 Å². The number of piperidine rings is 1. The van der Waals surface area contributed by atoms with Crippen LogP contribution in [0.1, 0.15) is 19.8 Å². The molecule has 0 saturated carbocycles. The van der Waals surface area contributed by atoms with E-state index < -0.39 is 0 Å². The lowest BCUT2D eigenvalue weighted by molar-refractivity contribution is -0.126. The Balaban J connectivity index is 1.84. The Hall–Kier alpha value is -1.73. The minimum absolute atomic E-state index is 0.0901. The highest BCUT2D eigenvalue weighted by molar-refractivity contribution is 6.30. The zero-order valence-corrected chi connectivity index (χ0v) is 11.5. The van der Waals surface area contributed by atoms with E-state index in [0.717, 1.165) is 12.8 Å². The molecule has 2 heterocycles. The molecular weight excluding hydrogens is 264 g/mol. The predicted molar refractivity (Wildman–Crippen MR) is 72.9 cm³/mol. The highest BCUT2D eigenvalue weighted by Crippen LogP contribution is 2.18. The molecule has 0 radical (unpaired) electrons. The van der Waals surface area contributed by atoms with Crippen LogP contribution in [0, 0.1) is 11.8 Å². The molecule has 0 atom stereocenters. The van der Waals surface area contributed by atoms with Gasteiger partial charge >= 0.3 is 0 Å². The highest BCUT2D eigenvalue weighted by Gasteiger charge is 2.23. The first-order valence-corrected chi connectivity index (χ1v) is 6.56. The third-order valence-corrected chi connectivity index (χ3v) is 3.17. The van der Waals surface area contributed by atoms with Crippen LogP contribution in [0.5, 0.6) is 5.88 Å². The van der Waals surface area contributed by atoms with Crippen LogP contribution in [0.2, 0.25) is 5.02 Å². The first-order chi connectivity index (χ1) is 9.19. The molecule has 5 heteroatoms. The maximum absolute atomic E-state index is 11.6. The summed E-state index contributed by atoms with van der Waals surface area (Å²) in [5.74, 6) is 5.65. The minimum Gasteiger partial charge on any atom is -0.474 e. The summed E-state index contributed by atoms with van der Waals surface area (Å²) in [5.41, 5.74) is 0. The smallest absolute Gasteiger partial charge is 0.298 e. The Labute approximate surface area is 117 Å². The maximum Gasteiger partial charge on any atom is 0.298 e. The molecule has 0 unspecified atom stereocenters. The van der Waals surface area contributed by atoms with Crippen LogP contribution in [0.25, 0.3) is 0 Å². The topological polar surface area (TPSA) is 42.4 Å². The Bertz CT molecular complexity index is 496. The van der Waals surface area contributed by atoms with Gasteiger partial charge in [0.05, 0.1) is 5.02 Å². The summed E-state index contributed by atoms with van der Waals surface area (Å²) in [6, 6.07) is 3.50. The van der Waals surface area contributed by atoms with Gasteiger partial charge in [0, 0.05) is 38.2 Å². The molecule has 1 aromatic rings. The molecule has 19 heavy (non-hydrogen) atoms. The van der Waals surface area contributed by atoms with Gasteiger partial charge in [-0.1, -0.05) is 17.5 Å². The standard InChI is InChI=1S/C14H15ClN2O2/c1-2-3-14(18)17-8-6-12(7-9-17)19-13-5-4-11(15)10-16-13/h4-5,10,12H,6-9H2,1H3. The third kappa shape index (κ3) is 3.87. The summed E-state index contributed by atoms with van der Waals surface area (Å²) in [6.07, 6.45) is 3.24. The van der Waals surface area contributed by atoms with Gasteiger partial charge in [-0.05, 0) is 18.9 Å². The third-order valence-electron chi connectivity index (χ3n) is 2.95. The van der Waals surface area contributed by atoms with Crippen LogP contribution in [-0.4, -0.2) is 35.0 Å². The Morgan fingerprint density at radius 1 is 1.47 bits per heavy atom. The van der Waals surface area contributed by atoms with E-state index in [-0.39, 0.29) is 12.0 Å². The van der Waals surface area contributed by atoms with Crippen molar-refractivity contribution in [3.63, 3.8) is 0 Å². The first kappa shape index (κ1) is 13.7. The monoisotopic (exact) mass is 278 g/mol. The number of hydrogen-bond acceptors (Lipinski definition) is 3. The summed E-state index contributed by atoms with van der Waals surface area (Å²) in [6.45, 7) is 3.01. The van der Waals surface area contributed by atoms with E-state index in [1.165, 1.54) is 0 Å². The van der Waals surface area contributed by atoms with Crippen molar-refractivity contribution in [2.45, 2.75) is 25.9 Å². The Morgan fingerprint density at radius 3 is 2.79 bits per heavy atom. The summed E-state index contributed by atoms with van der Waals surface area (Å²) >= 11 is 5.76. The lowest BCUT2D eigenvalue weighted by atomic mass is 10.1. The van der Waals surface area contributed by atoms with E-state index in [2.05, 4.69) is 16.8 Å². The average Bonchev–Trinajstić information content (AvgIpc) is 2.42. The average molecular weight is 279 g/mol. The normalized spacial score (nSPS) is 15.6. The van der Waals surface area contributed by atoms with Gasteiger partial charge in [0.1, 0.15) is 6.10 Å². The molecule has 2 rings (SSSR count). The molecule has 1 amide bonds. The lowest BCUT2D eigenvalue weighted by Gasteiger charge is -2.30. The SMILES string of the molecule is CC#CC(=O)N1CCC(Oc2ccc(Cl)cn2)CC1. The van der Waals surface area contributed by atoms with Gasteiger partial charge in [-0.15, -0.1) is 0 Å². The van der Waals surface area contributed by atoms with Gasteiger partial charge in [-0.2, -0.15) is 0 Å². The number of nitrogens with zero attached hydrogens (tertiary/aromatic N) is 2. The van der Waals surface area contributed by atoms with Crippen molar-refractivity contribution in [3.8, 4) is 17.7 Å².